The minimum atomic E-state index is -4.28. The molecule has 0 aliphatic rings. The second-order valence-corrected chi connectivity index (χ2v) is 11.8. The second kappa shape index (κ2) is 9.72. The molecule has 188 valence electrons. The first-order valence-electron chi connectivity index (χ1n) is 10.9. The summed E-state index contributed by atoms with van der Waals surface area (Å²) < 4.78 is 39.2. The van der Waals surface area contributed by atoms with Crippen LogP contribution in [0.3, 0.4) is 0 Å². The number of fused-ring (bicyclic) bond motifs is 1. The Bertz CT molecular complexity index is 1540. The maximum atomic E-state index is 13.8. The third-order valence-electron chi connectivity index (χ3n) is 5.03. The number of aryl methyl sites for hydroxylation is 1. The molecule has 36 heavy (non-hydrogen) atoms. The monoisotopic (exact) mass is 547 g/mol. The number of hydrogen-bond donors (Lipinski definition) is 0. The van der Waals surface area contributed by atoms with Crippen molar-refractivity contribution in [3.05, 3.63) is 70.5 Å². The quantitative estimate of drug-likeness (QED) is 0.271. The van der Waals surface area contributed by atoms with E-state index in [1.54, 1.807) is 52.0 Å². The number of benzene rings is 3. The van der Waals surface area contributed by atoms with Crippen molar-refractivity contribution in [2.75, 3.05) is 10.8 Å². The maximum Gasteiger partial charge on any atom is 0.327 e. The number of carbonyl (C=O) groups excluding carboxylic acids is 1. The summed E-state index contributed by atoms with van der Waals surface area (Å²) in [5, 5.41) is 5.53. The number of aromatic nitrogens is 2. The minimum Gasteiger partial charge on any atom is -0.459 e. The van der Waals surface area contributed by atoms with Crippen LogP contribution in [0.2, 0.25) is 10.0 Å². The summed E-state index contributed by atoms with van der Waals surface area (Å²) in [6, 6.07) is 14.5. The summed E-state index contributed by atoms with van der Waals surface area (Å²) in [5.41, 5.74) is 0.174. The molecule has 1 heterocycles. The van der Waals surface area contributed by atoms with E-state index in [-0.39, 0.29) is 20.6 Å². The van der Waals surface area contributed by atoms with Crippen LogP contribution in [0.15, 0.2) is 64.0 Å². The summed E-state index contributed by atoms with van der Waals surface area (Å²) in [6.45, 7) is 6.25. The zero-order valence-corrected chi connectivity index (χ0v) is 22.3. The first-order chi connectivity index (χ1) is 16.8. The SMILES string of the molecule is Cc1nc(-c2ccc3c(N(CC(=O)OC(C)(C)C)S(=O)(=O)c4cc(Cl)cc(Cl)c4)cccc3c2)no1. The Morgan fingerprint density at radius 3 is 2.36 bits per heavy atom. The third kappa shape index (κ3) is 5.64. The van der Waals surface area contributed by atoms with Gasteiger partial charge in [-0.1, -0.05) is 52.6 Å². The Morgan fingerprint density at radius 1 is 1.06 bits per heavy atom. The lowest BCUT2D eigenvalue weighted by Gasteiger charge is -2.27. The minimum absolute atomic E-state index is 0.149. The number of nitrogens with zero attached hydrogens (tertiary/aromatic N) is 3. The van der Waals surface area contributed by atoms with Crippen LogP contribution < -0.4 is 4.31 Å². The Balaban J connectivity index is 1.86. The molecule has 4 rings (SSSR count). The van der Waals surface area contributed by atoms with Gasteiger partial charge in [-0.05, 0) is 56.5 Å². The van der Waals surface area contributed by atoms with Gasteiger partial charge in [-0.15, -0.1) is 0 Å². The first kappa shape index (κ1) is 25.9. The van der Waals surface area contributed by atoms with Gasteiger partial charge in [-0.3, -0.25) is 9.10 Å². The number of sulfonamides is 1. The number of rotatable bonds is 6. The molecule has 0 atom stereocenters. The topological polar surface area (TPSA) is 103 Å². The van der Waals surface area contributed by atoms with Crippen LogP contribution >= 0.6 is 23.2 Å². The van der Waals surface area contributed by atoms with Crippen molar-refractivity contribution in [1.29, 1.82) is 0 Å². The van der Waals surface area contributed by atoms with Crippen LogP contribution in [0.4, 0.5) is 5.69 Å². The Kier molecular flexibility index (Phi) is 7.01. The van der Waals surface area contributed by atoms with Crippen molar-refractivity contribution in [2.24, 2.45) is 0 Å². The molecule has 0 spiro atoms. The van der Waals surface area contributed by atoms with Gasteiger partial charge in [0.05, 0.1) is 10.6 Å². The molecule has 3 aromatic carbocycles. The van der Waals surface area contributed by atoms with Crippen LogP contribution in [-0.2, 0) is 19.6 Å². The van der Waals surface area contributed by atoms with Crippen LogP contribution in [0.25, 0.3) is 22.2 Å². The lowest BCUT2D eigenvalue weighted by atomic mass is 10.0. The van der Waals surface area contributed by atoms with Crippen LogP contribution in [0, 0.1) is 6.92 Å². The average molecular weight is 548 g/mol. The molecule has 0 amide bonds. The van der Waals surface area contributed by atoms with Crippen LogP contribution in [0.1, 0.15) is 26.7 Å². The van der Waals surface area contributed by atoms with Gasteiger partial charge in [0.15, 0.2) is 0 Å². The normalized spacial score (nSPS) is 12.1. The molecule has 0 saturated carbocycles. The standard InChI is InChI=1S/C25H23Cl2N3O5S/c1-15-28-24(29-35-15)17-8-9-21-16(10-17)6-5-7-22(21)30(14-23(31)34-25(2,3)4)36(32,33)20-12-18(26)11-19(27)13-20/h5-13H,14H2,1-4H3. The fourth-order valence-electron chi connectivity index (χ4n) is 3.64. The zero-order chi connectivity index (χ0) is 26.3. The van der Waals surface area contributed by atoms with Gasteiger partial charge in [0.25, 0.3) is 10.0 Å². The van der Waals surface area contributed by atoms with Crippen molar-refractivity contribution >= 4 is 55.7 Å². The van der Waals surface area contributed by atoms with Gasteiger partial charge in [0.1, 0.15) is 12.1 Å². The summed E-state index contributed by atoms with van der Waals surface area (Å²) in [7, 11) is -4.28. The fraction of sp³-hybridized carbons (Fsp3) is 0.240. The Morgan fingerprint density at radius 2 is 1.75 bits per heavy atom. The predicted molar refractivity (Wildman–Crippen MR) is 139 cm³/mol. The van der Waals surface area contributed by atoms with Crippen LogP contribution in [0.5, 0.6) is 0 Å². The van der Waals surface area contributed by atoms with E-state index < -0.39 is 28.1 Å². The van der Waals surface area contributed by atoms with Gasteiger partial charge in [0, 0.05) is 27.9 Å². The highest BCUT2D eigenvalue weighted by Gasteiger charge is 2.31. The molecule has 11 heteroatoms. The van der Waals surface area contributed by atoms with Crippen molar-refractivity contribution in [3.8, 4) is 11.4 Å². The highest BCUT2D eigenvalue weighted by molar-refractivity contribution is 7.92. The van der Waals surface area contributed by atoms with Gasteiger partial charge in [0.2, 0.25) is 11.7 Å². The molecule has 0 aliphatic carbocycles. The lowest BCUT2D eigenvalue weighted by molar-refractivity contribution is -0.152. The van der Waals surface area contributed by atoms with Crippen molar-refractivity contribution in [2.45, 2.75) is 38.2 Å². The van der Waals surface area contributed by atoms with E-state index in [1.807, 2.05) is 12.1 Å². The number of ether oxygens (including phenoxy) is 1. The van der Waals surface area contributed by atoms with Gasteiger partial charge < -0.3 is 9.26 Å². The van der Waals surface area contributed by atoms with Crippen LogP contribution in [-0.4, -0.2) is 36.7 Å². The molecule has 1 aromatic heterocycles. The maximum absolute atomic E-state index is 13.8. The molecule has 0 aliphatic heterocycles. The van der Waals surface area contributed by atoms with E-state index in [0.29, 0.717) is 28.1 Å². The lowest BCUT2D eigenvalue weighted by Crippen LogP contribution is -2.39. The van der Waals surface area contributed by atoms with Gasteiger partial charge in [-0.2, -0.15) is 4.98 Å². The largest absolute Gasteiger partial charge is 0.459 e. The van der Waals surface area contributed by atoms with E-state index in [2.05, 4.69) is 10.1 Å². The van der Waals surface area contributed by atoms with E-state index >= 15 is 0 Å². The van der Waals surface area contributed by atoms with Gasteiger partial charge >= 0.3 is 5.97 Å². The molecular formula is C25H23Cl2N3O5S. The Hall–Kier alpha value is -3.14. The number of halogens is 2. The number of esters is 1. The van der Waals surface area contributed by atoms with Crippen molar-refractivity contribution in [3.63, 3.8) is 0 Å². The second-order valence-electron chi connectivity index (χ2n) is 9.05. The van der Waals surface area contributed by atoms with Crippen molar-refractivity contribution < 1.29 is 22.5 Å². The van der Waals surface area contributed by atoms with E-state index in [0.717, 1.165) is 4.31 Å². The number of anilines is 1. The number of carbonyl (C=O) groups is 1. The third-order valence-corrected chi connectivity index (χ3v) is 7.20. The number of hydrogen-bond acceptors (Lipinski definition) is 7. The summed E-state index contributed by atoms with van der Waals surface area (Å²) in [5.74, 6) is 0.121. The molecular weight excluding hydrogens is 525 g/mol. The molecule has 0 N–H and O–H groups in total. The van der Waals surface area contributed by atoms with Crippen molar-refractivity contribution in [1.82, 2.24) is 10.1 Å². The average Bonchev–Trinajstić information content (AvgIpc) is 3.21. The Labute approximate surface area is 218 Å². The van der Waals surface area contributed by atoms with E-state index in [9.17, 15) is 13.2 Å². The molecule has 4 aromatic rings. The summed E-state index contributed by atoms with van der Waals surface area (Å²) in [6.07, 6.45) is 0. The van der Waals surface area contributed by atoms with E-state index in [4.69, 9.17) is 32.5 Å². The molecule has 0 unspecified atom stereocenters. The highest BCUT2D eigenvalue weighted by Crippen LogP contribution is 2.34. The molecule has 0 bridgehead atoms. The highest BCUT2D eigenvalue weighted by atomic mass is 35.5. The van der Waals surface area contributed by atoms with Gasteiger partial charge in [-0.25, -0.2) is 8.42 Å². The molecule has 0 fully saturated rings. The molecule has 8 nitrogen and oxygen atoms in total. The smallest absolute Gasteiger partial charge is 0.327 e. The summed E-state index contributed by atoms with van der Waals surface area (Å²) in [4.78, 5) is 16.9. The van der Waals surface area contributed by atoms with E-state index in [1.165, 1.54) is 18.2 Å². The summed E-state index contributed by atoms with van der Waals surface area (Å²) >= 11 is 12.2. The predicted octanol–water partition coefficient (Wildman–Crippen LogP) is 6.04. The first-order valence-corrected chi connectivity index (χ1v) is 13.1. The molecule has 0 saturated heterocycles. The fourth-order valence-corrected chi connectivity index (χ4v) is 5.79. The molecule has 0 radical (unpaired) electrons. The zero-order valence-electron chi connectivity index (χ0n) is 20.0.